The Morgan fingerprint density at radius 3 is 2.90 bits per heavy atom. The largest absolute Gasteiger partial charge is 0.363 e. The van der Waals surface area contributed by atoms with E-state index in [1.54, 1.807) is 11.3 Å². The highest BCUT2D eigenvalue weighted by Crippen LogP contribution is 2.44. The van der Waals surface area contributed by atoms with E-state index < -0.39 is 0 Å². The number of benzene rings is 1. The lowest BCUT2D eigenvalue weighted by Gasteiger charge is -2.32. The number of nitrogens with one attached hydrogen (secondary N) is 2. The number of rotatable bonds is 8. The minimum atomic E-state index is 0.277. The molecule has 0 spiro atoms. The van der Waals surface area contributed by atoms with Gasteiger partial charge in [0.15, 0.2) is 0 Å². The van der Waals surface area contributed by atoms with E-state index in [1.807, 2.05) is 7.05 Å². The average Bonchev–Trinajstić information content (AvgIpc) is 3.41. The molecular formula is C24H33N5S. The van der Waals surface area contributed by atoms with Gasteiger partial charge in [-0.1, -0.05) is 24.3 Å². The Morgan fingerprint density at radius 1 is 1.30 bits per heavy atom. The van der Waals surface area contributed by atoms with Gasteiger partial charge in [0.05, 0.1) is 12.2 Å². The van der Waals surface area contributed by atoms with E-state index in [9.17, 15) is 0 Å². The second-order valence-corrected chi connectivity index (χ2v) is 9.40. The number of aromatic nitrogens is 2. The summed E-state index contributed by atoms with van der Waals surface area (Å²) in [5, 5.41) is 16.2. The predicted octanol–water partition coefficient (Wildman–Crippen LogP) is 4.87. The smallest absolute Gasteiger partial charge is 0.128 e. The van der Waals surface area contributed by atoms with Crippen molar-refractivity contribution in [3.8, 4) is 0 Å². The zero-order valence-electron chi connectivity index (χ0n) is 18.4. The maximum atomic E-state index is 4.72. The van der Waals surface area contributed by atoms with E-state index in [0.717, 1.165) is 26.1 Å². The SMILES string of the molecule is CNCCN(C)Cc1cccc(C2CC(c3ccsc3)c3cnn(C(C)C)c3N2)c1. The number of nitrogens with zero attached hydrogens (tertiary/aromatic N) is 3. The molecule has 3 aromatic rings. The number of thiophene rings is 1. The van der Waals surface area contributed by atoms with Crippen molar-refractivity contribution in [2.24, 2.45) is 0 Å². The Morgan fingerprint density at radius 2 is 2.17 bits per heavy atom. The van der Waals surface area contributed by atoms with Crippen molar-refractivity contribution in [2.75, 3.05) is 32.5 Å². The molecule has 2 N–H and O–H groups in total. The maximum absolute atomic E-state index is 4.72. The Hall–Kier alpha value is -2.15. The summed E-state index contributed by atoms with van der Waals surface area (Å²) in [6, 6.07) is 11.9. The van der Waals surface area contributed by atoms with Crippen LogP contribution in [-0.4, -0.2) is 41.9 Å². The average molecular weight is 424 g/mol. The molecule has 160 valence electrons. The third-order valence-electron chi connectivity index (χ3n) is 5.97. The van der Waals surface area contributed by atoms with Crippen LogP contribution in [0.25, 0.3) is 0 Å². The van der Waals surface area contributed by atoms with E-state index in [1.165, 1.54) is 28.1 Å². The molecule has 0 bridgehead atoms. The van der Waals surface area contributed by atoms with Crippen LogP contribution in [0.5, 0.6) is 0 Å². The summed E-state index contributed by atoms with van der Waals surface area (Å²) in [6.07, 6.45) is 3.11. The van der Waals surface area contributed by atoms with Crippen LogP contribution in [0.4, 0.5) is 5.82 Å². The summed E-state index contributed by atoms with van der Waals surface area (Å²) in [5.41, 5.74) is 5.44. The molecule has 0 radical (unpaired) electrons. The zero-order chi connectivity index (χ0) is 21.1. The van der Waals surface area contributed by atoms with E-state index in [0.29, 0.717) is 12.0 Å². The molecule has 0 aliphatic carbocycles. The summed E-state index contributed by atoms with van der Waals surface area (Å²) >= 11 is 1.78. The van der Waals surface area contributed by atoms with Gasteiger partial charge in [-0.3, -0.25) is 0 Å². The molecule has 2 unspecified atom stereocenters. The normalized spacial score (nSPS) is 18.6. The Kier molecular flexibility index (Phi) is 6.56. The summed E-state index contributed by atoms with van der Waals surface area (Å²) in [6.45, 7) is 7.40. The van der Waals surface area contributed by atoms with Gasteiger partial charge in [0, 0.05) is 37.2 Å². The molecule has 3 heterocycles. The lowest BCUT2D eigenvalue weighted by Crippen LogP contribution is -2.27. The molecule has 0 saturated carbocycles. The first kappa shape index (κ1) is 21.1. The van der Waals surface area contributed by atoms with Crippen molar-refractivity contribution in [1.29, 1.82) is 0 Å². The summed E-state index contributed by atoms with van der Waals surface area (Å²) in [7, 11) is 4.19. The van der Waals surface area contributed by atoms with Gasteiger partial charge >= 0.3 is 0 Å². The minimum Gasteiger partial charge on any atom is -0.363 e. The molecule has 6 heteroatoms. The minimum absolute atomic E-state index is 0.277. The first-order valence-corrected chi connectivity index (χ1v) is 11.8. The first-order chi connectivity index (χ1) is 14.6. The zero-order valence-corrected chi connectivity index (χ0v) is 19.2. The molecule has 0 amide bonds. The Labute approximate surface area is 184 Å². The molecule has 1 aliphatic heterocycles. The van der Waals surface area contributed by atoms with Gasteiger partial charge in [-0.25, -0.2) is 4.68 Å². The summed E-state index contributed by atoms with van der Waals surface area (Å²) in [4.78, 5) is 2.37. The third kappa shape index (κ3) is 4.46. The fraction of sp³-hybridized carbons (Fsp3) is 0.458. The molecule has 1 aliphatic rings. The molecule has 4 rings (SSSR count). The Bertz CT molecular complexity index is 946. The van der Waals surface area contributed by atoms with Gasteiger partial charge in [0.1, 0.15) is 5.82 Å². The second kappa shape index (κ2) is 9.33. The third-order valence-corrected chi connectivity index (χ3v) is 6.67. The number of hydrogen-bond donors (Lipinski definition) is 2. The van der Waals surface area contributed by atoms with Crippen LogP contribution in [0, 0.1) is 0 Å². The topological polar surface area (TPSA) is 45.1 Å². The molecule has 1 aromatic carbocycles. The molecule has 5 nitrogen and oxygen atoms in total. The molecule has 2 aromatic heterocycles. The molecule has 0 saturated heterocycles. The van der Waals surface area contributed by atoms with Gasteiger partial charge in [0.25, 0.3) is 0 Å². The van der Waals surface area contributed by atoms with Crippen molar-refractivity contribution in [2.45, 2.75) is 44.8 Å². The molecular weight excluding hydrogens is 390 g/mol. The number of anilines is 1. The van der Waals surface area contributed by atoms with Crippen LogP contribution in [-0.2, 0) is 6.54 Å². The van der Waals surface area contributed by atoms with Crippen LogP contribution >= 0.6 is 11.3 Å². The summed E-state index contributed by atoms with van der Waals surface area (Å²) < 4.78 is 2.14. The molecule has 0 fully saturated rings. The highest BCUT2D eigenvalue weighted by Gasteiger charge is 2.32. The summed E-state index contributed by atoms with van der Waals surface area (Å²) in [5.74, 6) is 1.56. The van der Waals surface area contributed by atoms with Crippen molar-refractivity contribution >= 4 is 17.2 Å². The van der Waals surface area contributed by atoms with Crippen molar-refractivity contribution in [3.63, 3.8) is 0 Å². The highest BCUT2D eigenvalue weighted by molar-refractivity contribution is 7.08. The lowest BCUT2D eigenvalue weighted by molar-refractivity contribution is 0.328. The lowest BCUT2D eigenvalue weighted by atomic mass is 9.83. The number of likely N-dealkylation sites (N-methyl/N-ethyl adjacent to an activating group) is 2. The maximum Gasteiger partial charge on any atom is 0.128 e. The van der Waals surface area contributed by atoms with Gasteiger partial charge < -0.3 is 15.5 Å². The van der Waals surface area contributed by atoms with Crippen LogP contribution in [0.2, 0.25) is 0 Å². The fourth-order valence-electron chi connectivity index (χ4n) is 4.37. The van der Waals surface area contributed by atoms with Crippen LogP contribution in [0.1, 0.15) is 60.5 Å². The molecule has 30 heavy (non-hydrogen) atoms. The van der Waals surface area contributed by atoms with Crippen LogP contribution < -0.4 is 10.6 Å². The van der Waals surface area contributed by atoms with E-state index in [2.05, 4.69) is 88.4 Å². The highest BCUT2D eigenvalue weighted by atomic mass is 32.1. The van der Waals surface area contributed by atoms with E-state index in [-0.39, 0.29) is 6.04 Å². The Balaban J connectivity index is 1.62. The van der Waals surface area contributed by atoms with Crippen molar-refractivity contribution in [3.05, 3.63) is 69.5 Å². The number of fused-ring (bicyclic) bond motifs is 1. The standard InChI is InChI=1S/C24H33N5S/c1-17(2)29-24-22(14-26-29)21(20-8-11-30-16-20)13-23(27-24)19-7-5-6-18(12-19)15-28(4)10-9-25-3/h5-8,11-12,14,16-17,21,23,25,27H,9-10,13,15H2,1-4H3. The fourth-order valence-corrected chi connectivity index (χ4v) is 5.08. The predicted molar refractivity (Wildman–Crippen MR) is 126 cm³/mol. The van der Waals surface area contributed by atoms with Gasteiger partial charge in [-0.15, -0.1) is 0 Å². The van der Waals surface area contributed by atoms with Crippen molar-refractivity contribution < 1.29 is 0 Å². The van der Waals surface area contributed by atoms with Gasteiger partial charge in [0.2, 0.25) is 0 Å². The van der Waals surface area contributed by atoms with E-state index >= 15 is 0 Å². The second-order valence-electron chi connectivity index (χ2n) is 8.62. The van der Waals surface area contributed by atoms with Gasteiger partial charge in [-0.05, 0) is 67.9 Å². The van der Waals surface area contributed by atoms with Crippen molar-refractivity contribution in [1.82, 2.24) is 20.0 Å². The number of hydrogen-bond acceptors (Lipinski definition) is 5. The quantitative estimate of drug-likeness (QED) is 0.543. The van der Waals surface area contributed by atoms with Gasteiger partial charge in [-0.2, -0.15) is 16.4 Å². The molecule has 2 atom stereocenters. The van der Waals surface area contributed by atoms with Crippen LogP contribution in [0.15, 0.2) is 47.3 Å². The monoisotopic (exact) mass is 423 g/mol. The van der Waals surface area contributed by atoms with Crippen LogP contribution in [0.3, 0.4) is 0 Å². The first-order valence-electron chi connectivity index (χ1n) is 10.8. The van der Waals surface area contributed by atoms with E-state index in [4.69, 9.17) is 5.10 Å².